The molecule has 3 aliphatic rings. The molecule has 0 aromatic heterocycles. The van der Waals surface area contributed by atoms with Crippen molar-refractivity contribution in [2.75, 3.05) is 6.61 Å². The van der Waals surface area contributed by atoms with Crippen molar-refractivity contribution in [1.82, 2.24) is 10.6 Å². The Kier molecular flexibility index (Phi) is 6.03. The minimum absolute atomic E-state index is 0.0542. The number of hydrogen-bond donors (Lipinski definition) is 3. The third kappa shape index (κ3) is 4.17. The molecule has 0 saturated heterocycles. The molecule has 0 spiro atoms. The fraction of sp³-hybridized carbons (Fsp3) is 0.464. The number of hydrogen-bond acceptors (Lipinski definition) is 4. The van der Waals surface area contributed by atoms with E-state index in [-0.39, 0.29) is 36.3 Å². The number of aliphatic carboxylic acids is 1. The zero-order valence-electron chi connectivity index (χ0n) is 20.1. The van der Waals surface area contributed by atoms with Gasteiger partial charge in [-0.15, -0.1) is 0 Å². The molecule has 3 N–H and O–H groups in total. The minimum Gasteiger partial charge on any atom is -0.481 e. The smallest absolute Gasteiger partial charge is 0.407 e. The van der Waals surface area contributed by atoms with Gasteiger partial charge in [-0.1, -0.05) is 68.8 Å². The SMILES string of the molecule is CC[C@H](C)[C@H](NC(=O)OCC1c2ccccc2-c2ccccc21)C(=O)N[C@@H]1C[C@H]2C[C@@]2(C(=O)O)C1. The normalized spacial score (nSPS) is 25.5. The monoisotopic (exact) mass is 476 g/mol. The van der Waals surface area contributed by atoms with Crippen molar-refractivity contribution in [1.29, 1.82) is 0 Å². The summed E-state index contributed by atoms with van der Waals surface area (Å²) in [4.78, 5) is 37.5. The van der Waals surface area contributed by atoms with Gasteiger partial charge in [-0.05, 0) is 53.4 Å². The number of alkyl carbamates (subject to hydrolysis) is 1. The van der Waals surface area contributed by atoms with Gasteiger partial charge in [-0.25, -0.2) is 4.79 Å². The van der Waals surface area contributed by atoms with Crippen LogP contribution in [0, 0.1) is 17.3 Å². The highest BCUT2D eigenvalue weighted by atomic mass is 16.5. The summed E-state index contributed by atoms with van der Waals surface area (Å²) in [5.41, 5.74) is 3.91. The van der Waals surface area contributed by atoms with Gasteiger partial charge in [0.1, 0.15) is 12.6 Å². The van der Waals surface area contributed by atoms with Crippen LogP contribution in [-0.4, -0.2) is 41.8 Å². The highest BCUT2D eigenvalue weighted by Crippen LogP contribution is 2.63. The van der Waals surface area contributed by atoms with Gasteiger partial charge >= 0.3 is 12.1 Å². The molecular weight excluding hydrogens is 444 g/mol. The van der Waals surface area contributed by atoms with Gasteiger partial charge in [-0.3, -0.25) is 9.59 Å². The zero-order valence-corrected chi connectivity index (χ0v) is 20.1. The first-order valence-electron chi connectivity index (χ1n) is 12.5. The Hall–Kier alpha value is -3.35. The molecule has 2 aromatic carbocycles. The highest BCUT2D eigenvalue weighted by Gasteiger charge is 2.65. The van der Waals surface area contributed by atoms with Gasteiger partial charge < -0.3 is 20.5 Å². The van der Waals surface area contributed by atoms with Gasteiger partial charge in [0, 0.05) is 12.0 Å². The second kappa shape index (κ2) is 9.02. The Morgan fingerprint density at radius 2 is 1.69 bits per heavy atom. The molecule has 0 heterocycles. The highest BCUT2D eigenvalue weighted by molar-refractivity contribution is 5.87. The topological polar surface area (TPSA) is 105 Å². The number of carbonyl (C=O) groups excluding carboxylic acids is 2. The Labute approximate surface area is 205 Å². The summed E-state index contributed by atoms with van der Waals surface area (Å²) in [6.07, 6.45) is 1.91. The number of benzene rings is 2. The Balaban J connectivity index is 1.21. The van der Waals surface area contributed by atoms with E-state index in [1.54, 1.807) is 0 Å². The molecule has 0 aliphatic heterocycles. The van der Waals surface area contributed by atoms with Crippen LogP contribution in [-0.2, 0) is 14.3 Å². The van der Waals surface area contributed by atoms with Crippen molar-refractivity contribution >= 4 is 18.0 Å². The second-order valence-corrected chi connectivity index (χ2v) is 10.3. The Morgan fingerprint density at radius 1 is 1.06 bits per heavy atom. The molecule has 3 aliphatic carbocycles. The lowest BCUT2D eigenvalue weighted by Crippen LogP contribution is -2.52. The summed E-state index contributed by atoms with van der Waals surface area (Å²) in [5, 5.41) is 15.3. The van der Waals surface area contributed by atoms with E-state index in [9.17, 15) is 19.5 Å². The second-order valence-electron chi connectivity index (χ2n) is 10.3. The van der Waals surface area contributed by atoms with Crippen molar-refractivity contribution in [3.8, 4) is 11.1 Å². The lowest BCUT2D eigenvalue weighted by atomic mass is 9.97. The maximum Gasteiger partial charge on any atom is 0.407 e. The number of amides is 2. The summed E-state index contributed by atoms with van der Waals surface area (Å²) < 4.78 is 5.65. The van der Waals surface area contributed by atoms with Crippen LogP contribution in [0.4, 0.5) is 4.79 Å². The van der Waals surface area contributed by atoms with E-state index < -0.39 is 23.5 Å². The van der Waals surface area contributed by atoms with Gasteiger partial charge in [0.25, 0.3) is 0 Å². The molecule has 2 saturated carbocycles. The maximum atomic E-state index is 13.1. The molecule has 7 heteroatoms. The zero-order chi connectivity index (χ0) is 24.7. The van der Waals surface area contributed by atoms with Crippen molar-refractivity contribution in [2.24, 2.45) is 17.3 Å². The number of nitrogens with one attached hydrogen (secondary N) is 2. The summed E-state index contributed by atoms with van der Waals surface area (Å²) in [6, 6.07) is 15.4. The van der Waals surface area contributed by atoms with Gasteiger partial charge in [0.05, 0.1) is 5.41 Å². The third-order valence-electron chi connectivity index (χ3n) is 8.30. The van der Waals surface area contributed by atoms with E-state index in [2.05, 4.69) is 34.9 Å². The molecule has 5 atom stereocenters. The van der Waals surface area contributed by atoms with Crippen LogP contribution in [0.5, 0.6) is 0 Å². The van der Waals surface area contributed by atoms with Gasteiger partial charge in [0.15, 0.2) is 0 Å². The lowest BCUT2D eigenvalue weighted by molar-refractivity contribution is -0.143. The average Bonchev–Trinajstić information content (AvgIpc) is 3.29. The van der Waals surface area contributed by atoms with Gasteiger partial charge in [0.2, 0.25) is 5.91 Å². The van der Waals surface area contributed by atoms with Crippen LogP contribution in [0.2, 0.25) is 0 Å². The molecule has 184 valence electrons. The first kappa shape index (κ1) is 23.4. The average molecular weight is 477 g/mol. The van der Waals surface area contributed by atoms with Crippen LogP contribution in [0.3, 0.4) is 0 Å². The number of carbonyl (C=O) groups is 3. The van der Waals surface area contributed by atoms with Crippen LogP contribution in [0.1, 0.15) is 56.6 Å². The third-order valence-corrected chi connectivity index (χ3v) is 8.30. The largest absolute Gasteiger partial charge is 0.481 e. The van der Waals surface area contributed by atoms with E-state index in [1.165, 1.54) is 0 Å². The minimum atomic E-state index is -0.769. The summed E-state index contributed by atoms with van der Waals surface area (Å²) in [6.45, 7) is 4.06. The molecule has 2 amide bonds. The molecular formula is C28H32N2O5. The number of carboxylic acid groups (broad SMARTS) is 1. The maximum absolute atomic E-state index is 13.1. The summed E-state index contributed by atoms with van der Waals surface area (Å²) in [5.74, 6) is -1.06. The number of fused-ring (bicyclic) bond motifs is 4. The fourth-order valence-corrected chi connectivity index (χ4v) is 6.03. The predicted octanol–water partition coefficient (Wildman–Crippen LogP) is 4.31. The van der Waals surface area contributed by atoms with E-state index >= 15 is 0 Å². The summed E-state index contributed by atoms with van der Waals surface area (Å²) >= 11 is 0. The van der Waals surface area contributed by atoms with Crippen LogP contribution < -0.4 is 10.6 Å². The standard InChI is InChI=1S/C28H32N2O5/c1-3-16(2)24(25(31)29-18-12-17-13-28(17,14-18)26(32)33)30-27(34)35-15-23-21-10-6-4-8-19(21)20-9-5-7-11-22(20)23/h4-11,16-18,23-24H,3,12-15H2,1-2H3,(H,29,31)(H,30,34)(H,32,33)/t16-,17-,18+,24-,28+/m0/s1. The quantitative estimate of drug-likeness (QED) is 0.527. The van der Waals surface area contributed by atoms with Gasteiger partial charge in [-0.2, -0.15) is 0 Å². The number of rotatable bonds is 8. The van der Waals surface area contributed by atoms with Crippen molar-refractivity contribution in [3.63, 3.8) is 0 Å². The lowest BCUT2D eigenvalue weighted by Gasteiger charge is -2.26. The van der Waals surface area contributed by atoms with Crippen LogP contribution in [0.15, 0.2) is 48.5 Å². The molecule has 2 fully saturated rings. The van der Waals surface area contributed by atoms with Crippen molar-refractivity contribution < 1.29 is 24.2 Å². The molecule has 5 rings (SSSR count). The molecule has 0 unspecified atom stereocenters. The first-order valence-corrected chi connectivity index (χ1v) is 12.5. The van der Waals surface area contributed by atoms with E-state index in [0.29, 0.717) is 25.7 Å². The first-order chi connectivity index (χ1) is 16.8. The molecule has 0 bridgehead atoms. The van der Waals surface area contributed by atoms with Crippen molar-refractivity contribution in [3.05, 3.63) is 59.7 Å². The summed E-state index contributed by atoms with van der Waals surface area (Å²) in [7, 11) is 0. The molecule has 35 heavy (non-hydrogen) atoms. The van der Waals surface area contributed by atoms with E-state index in [4.69, 9.17) is 4.74 Å². The van der Waals surface area contributed by atoms with Crippen LogP contribution >= 0.6 is 0 Å². The Bertz CT molecular complexity index is 1120. The molecule has 2 aromatic rings. The fourth-order valence-electron chi connectivity index (χ4n) is 6.03. The molecule has 0 radical (unpaired) electrons. The molecule has 7 nitrogen and oxygen atoms in total. The Morgan fingerprint density at radius 3 is 2.26 bits per heavy atom. The van der Waals surface area contributed by atoms with Crippen molar-refractivity contribution in [2.45, 2.75) is 57.5 Å². The van der Waals surface area contributed by atoms with E-state index in [0.717, 1.165) is 22.3 Å². The van der Waals surface area contributed by atoms with Crippen LogP contribution in [0.25, 0.3) is 11.1 Å². The number of ether oxygens (including phenoxy) is 1. The predicted molar refractivity (Wildman–Crippen MR) is 131 cm³/mol. The number of carboxylic acids is 1. The van der Waals surface area contributed by atoms with E-state index in [1.807, 2.05) is 38.1 Å².